The van der Waals surface area contributed by atoms with E-state index in [-0.39, 0.29) is 11.9 Å². The fourth-order valence-corrected chi connectivity index (χ4v) is 4.26. The molecule has 5 nitrogen and oxygen atoms in total. The number of hydrogen-bond acceptors (Lipinski definition) is 5. The molecule has 1 aromatic heterocycles. The van der Waals surface area contributed by atoms with Gasteiger partial charge in [0, 0.05) is 30.5 Å². The molecule has 1 heterocycles. The molecule has 3 aromatic rings. The van der Waals surface area contributed by atoms with Crippen molar-refractivity contribution < 1.29 is 4.79 Å². The van der Waals surface area contributed by atoms with Crippen molar-refractivity contribution in [3.63, 3.8) is 0 Å². The number of rotatable bonds is 11. The Bertz CT molecular complexity index is 1100. The first-order valence-corrected chi connectivity index (χ1v) is 12.0. The number of anilines is 1. The molecule has 170 valence electrons. The predicted octanol–water partition coefficient (Wildman–Crippen LogP) is 6.09. The van der Waals surface area contributed by atoms with Gasteiger partial charge in [0.15, 0.2) is 5.16 Å². The Labute approximate surface area is 204 Å². The van der Waals surface area contributed by atoms with E-state index in [0.29, 0.717) is 34.7 Å². The first kappa shape index (κ1) is 24.6. The van der Waals surface area contributed by atoms with Gasteiger partial charge in [-0.05, 0) is 30.2 Å². The monoisotopic (exact) mass is 478 g/mol. The molecule has 7 heteroatoms. The molecule has 0 saturated carbocycles. The number of benzene rings is 2. The summed E-state index contributed by atoms with van der Waals surface area (Å²) in [5.74, 6) is 1.22. The van der Waals surface area contributed by atoms with Crippen LogP contribution >= 0.6 is 23.4 Å². The highest BCUT2D eigenvalue weighted by Gasteiger charge is 2.13. The Hall–Kier alpha value is -3.09. The predicted molar refractivity (Wildman–Crippen MR) is 138 cm³/mol. The third-order valence-electron chi connectivity index (χ3n) is 4.89. The van der Waals surface area contributed by atoms with Gasteiger partial charge < -0.3 is 10.2 Å². The SMILES string of the molecule is C=CCN(CC=C)c1cc(Cl)nc(SCc2cccc(C(=O)NC(C)c3ccccc3)c2)n1. The van der Waals surface area contributed by atoms with Gasteiger partial charge in [-0.1, -0.05) is 78.0 Å². The Morgan fingerprint density at radius 1 is 1.09 bits per heavy atom. The normalized spacial score (nSPS) is 11.5. The van der Waals surface area contributed by atoms with Gasteiger partial charge in [0.1, 0.15) is 11.0 Å². The number of amides is 1. The standard InChI is InChI=1S/C26H27ClN4OS/c1-4-14-31(15-5-2)24-17-23(27)29-26(30-24)33-18-20-10-9-13-22(16-20)25(32)28-19(3)21-11-7-6-8-12-21/h4-13,16-17,19H,1-2,14-15,18H2,3H3,(H,28,32). The molecule has 0 aliphatic heterocycles. The van der Waals surface area contributed by atoms with Crippen molar-refractivity contribution in [3.05, 3.63) is 108 Å². The molecule has 1 atom stereocenters. The summed E-state index contributed by atoms with van der Waals surface area (Å²) in [6, 6.07) is 19.1. The zero-order valence-electron chi connectivity index (χ0n) is 18.6. The summed E-state index contributed by atoms with van der Waals surface area (Å²) in [6.45, 7) is 10.8. The van der Waals surface area contributed by atoms with Crippen molar-refractivity contribution in [2.75, 3.05) is 18.0 Å². The van der Waals surface area contributed by atoms with E-state index in [1.54, 1.807) is 6.07 Å². The largest absolute Gasteiger partial charge is 0.349 e. The minimum absolute atomic E-state index is 0.0795. The van der Waals surface area contributed by atoms with Crippen molar-refractivity contribution in [1.82, 2.24) is 15.3 Å². The average molecular weight is 479 g/mol. The van der Waals surface area contributed by atoms with Gasteiger partial charge in [-0.3, -0.25) is 4.79 Å². The van der Waals surface area contributed by atoms with Crippen LogP contribution in [0.3, 0.4) is 0 Å². The molecule has 0 radical (unpaired) electrons. The van der Waals surface area contributed by atoms with Crippen molar-refractivity contribution in [1.29, 1.82) is 0 Å². The van der Waals surface area contributed by atoms with Crippen LogP contribution in [0, 0.1) is 0 Å². The quantitative estimate of drug-likeness (QED) is 0.156. The van der Waals surface area contributed by atoms with Crippen LogP contribution in [0.5, 0.6) is 0 Å². The number of nitrogens with one attached hydrogen (secondary N) is 1. The summed E-state index contributed by atoms with van der Waals surface area (Å²) >= 11 is 7.72. The topological polar surface area (TPSA) is 58.1 Å². The van der Waals surface area contributed by atoms with E-state index in [4.69, 9.17) is 11.6 Å². The number of aromatic nitrogens is 2. The van der Waals surface area contributed by atoms with Crippen molar-refractivity contribution >= 4 is 35.1 Å². The van der Waals surface area contributed by atoms with Crippen LogP contribution in [0.2, 0.25) is 5.15 Å². The highest BCUT2D eigenvalue weighted by molar-refractivity contribution is 7.98. The summed E-state index contributed by atoms with van der Waals surface area (Å²) in [5, 5.41) is 4.01. The maximum atomic E-state index is 12.8. The second-order valence-electron chi connectivity index (χ2n) is 7.41. The molecule has 2 aromatic carbocycles. The lowest BCUT2D eigenvalue weighted by molar-refractivity contribution is 0.0940. The van der Waals surface area contributed by atoms with Crippen molar-refractivity contribution in [2.45, 2.75) is 23.9 Å². The molecular formula is C26H27ClN4OS. The Kier molecular flexibility index (Phi) is 9.10. The summed E-state index contributed by atoms with van der Waals surface area (Å²) in [6.07, 6.45) is 3.61. The number of thioether (sulfide) groups is 1. The lowest BCUT2D eigenvalue weighted by Crippen LogP contribution is -2.26. The average Bonchev–Trinajstić information content (AvgIpc) is 2.83. The molecule has 1 unspecified atom stereocenters. The maximum Gasteiger partial charge on any atom is 0.251 e. The van der Waals surface area contributed by atoms with Gasteiger partial charge in [0.05, 0.1) is 6.04 Å². The van der Waals surface area contributed by atoms with E-state index < -0.39 is 0 Å². The lowest BCUT2D eigenvalue weighted by atomic mass is 10.1. The van der Waals surface area contributed by atoms with E-state index >= 15 is 0 Å². The third-order valence-corrected chi connectivity index (χ3v) is 6.00. The van der Waals surface area contributed by atoms with Crippen LogP contribution < -0.4 is 10.2 Å². The molecule has 0 aliphatic rings. The minimum Gasteiger partial charge on any atom is -0.349 e. The van der Waals surface area contributed by atoms with E-state index in [9.17, 15) is 4.79 Å². The smallest absolute Gasteiger partial charge is 0.251 e. The Morgan fingerprint density at radius 3 is 2.52 bits per heavy atom. The zero-order valence-corrected chi connectivity index (χ0v) is 20.1. The fraction of sp³-hybridized carbons (Fsp3) is 0.192. The van der Waals surface area contributed by atoms with E-state index in [0.717, 1.165) is 16.9 Å². The van der Waals surface area contributed by atoms with E-state index in [1.165, 1.54) is 11.8 Å². The molecule has 0 aliphatic carbocycles. The van der Waals surface area contributed by atoms with E-state index in [2.05, 4.69) is 28.4 Å². The summed E-state index contributed by atoms with van der Waals surface area (Å²) in [7, 11) is 0. The first-order valence-electron chi connectivity index (χ1n) is 10.6. The molecule has 0 saturated heterocycles. The summed E-state index contributed by atoms with van der Waals surface area (Å²) in [4.78, 5) is 23.7. The summed E-state index contributed by atoms with van der Waals surface area (Å²) < 4.78 is 0. The highest BCUT2D eigenvalue weighted by atomic mass is 35.5. The fourth-order valence-electron chi connectivity index (χ4n) is 3.24. The Balaban J connectivity index is 1.67. The molecule has 0 spiro atoms. The van der Waals surface area contributed by atoms with E-state index in [1.807, 2.05) is 78.6 Å². The third kappa shape index (κ3) is 7.20. The zero-order chi connectivity index (χ0) is 23.6. The van der Waals surface area contributed by atoms with Gasteiger partial charge in [-0.25, -0.2) is 9.97 Å². The van der Waals surface area contributed by atoms with Crippen LogP contribution in [0.1, 0.15) is 34.5 Å². The van der Waals surface area contributed by atoms with Crippen LogP contribution in [0.15, 0.2) is 91.1 Å². The number of hydrogen-bond donors (Lipinski definition) is 1. The molecular weight excluding hydrogens is 452 g/mol. The minimum atomic E-state index is -0.107. The molecule has 1 amide bonds. The van der Waals surface area contributed by atoms with Gasteiger partial charge >= 0.3 is 0 Å². The first-order chi connectivity index (χ1) is 16.0. The van der Waals surface area contributed by atoms with Crippen LogP contribution in [-0.4, -0.2) is 29.0 Å². The van der Waals surface area contributed by atoms with Gasteiger partial charge in [-0.2, -0.15) is 0 Å². The Morgan fingerprint density at radius 2 is 1.82 bits per heavy atom. The van der Waals surface area contributed by atoms with Gasteiger partial charge in [0.2, 0.25) is 0 Å². The van der Waals surface area contributed by atoms with Gasteiger partial charge in [0.25, 0.3) is 5.91 Å². The molecule has 0 bridgehead atoms. The second kappa shape index (κ2) is 12.2. The molecule has 1 N–H and O–H groups in total. The van der Waals surface area contributed by atoms with Crippen LogP contribution in [0.4, 0.5) is 5.82 Å². The van der Waals surface area contributed by atoms with Crippen LogP contribution in [0.25, 0.3) is 0 Å². The number of carbonyl (C=O) groups excluding carboxylic acids is 1. The second-order valence-corrected chi connectivity index (χ2v) is 8.74. The number of carbonyl (C=O) groups is 1. The summed E-state index contributed by atoms with van der Waals surface area (Å²) in [5.41, 5.74) is 2.68. The number of nitrogens with zero attached hydrogens (tertiary/aromatic N) is 3. The van der Waals surface area contributed by atoms with Crippen molar-refractivity contribution in [2.24, 2.45) is 0 Å². The molecule has 33 heavy (non-hydrogen) atoms. The molecule has 3 rings (SSSR count). The lowest BCUT2D eigenvalue weighted by Gasteiger charge is -2.20. The van der Waals surface area contributed by atoms with Gasteiger partial charge in [-0.15, -0.1) is 13.2 Å². The highest BCUT2D eigenvalue weighted by Crippen LogP contribution is 2.25. The number of halogens is 1. The van der Waals surface area contributed by atoms with Crippen molar-refractivity contribution in [3.8, 4) is 0 Å². The molecule has 0 fully saturated rings. The maximum absolute atomic E-state index is 12.8. The van der Waals surface area contributed by atoms with Crippen LogP contribution in [-0.2, 0) is 5.75 Å².